The van der Waals surface area contributed by atoms with Gasteiger partial charge in [-0.3, -0.25) is 9.69 Å². The van der Waals surface area contributed by atoms with E-state index in [1.807, 2.05) is 11.9 Å². The van der Waals surface area contributed by atoms with Crippen molar-refractivity contribution in [3.05, 3.63) is 59.9 Å². The minimum Gasteiger partial charge on any atom is -0.341 e. The Morgan fingerprint density at radius 3 is 2.88 bits per heavy atom. The van der Waals surface area contributed by atoms with Crippen LogP contribution in [0.5, 0.6) is 0 Å². The minimum atomic E-state index is -0.304. The van der Waals surface area contributed by atoms with Crippen LogP contribution in [0.3, 0.4) is 0 Å². The van der Waals surface area contributed by atoms with Crippen LogP contribution in [-0.4, -0.2) is 51.9 Å². The summed E-state index contributed by atoms with van der Waals surface area (Å²) in [7, 11) is 2.03. The second kappa shape index (κ2) is 7.49. The van der Waals surface area contributed by atoms with Crippen LogP contribution in [0, 0.1) is 5.82 Å². The number of aromatic nitrogens is 2. The van der Waals surface area contributed by atoms with Gasteiger partial charge < -0.3 is 4.90 Å². The third kappa shape index (κ3) is 4.14. The second-order valence-electron chi connectivity index (χ2n) is 6.17. The van der Waals surface area contributed by atoms with Gasteiger partial charge in [0.2, 0.25) is 5.91 Å². The van der Waals surface area contributed by atoms with Crippen molar-refractivity contribution in [3.63, 3.8) is 0 Å². The number of halogens is 1. The van der Waals surface area contributed by atoms with Crippen LogP contribution >= 0.6 is 0 Å². The molecule has 0 bridgehead atoms. The molecule has 0 saturated carbocycles. The van der Waals surface area contributed by atoms with E-state index in [0.29, 0.717) is 19.1 Å². The summed E-state index contributed by atoms with van der Waals surface area (Å²) in [5, 5.41) is 0. The highest BCUT2D eigenvalue weighted by molar-refractivity contribution is 5.79. The molecule has 3 rings (SSSR count). The summed E-state index contributed by atoms with van der Waals surface area (Å²) in [6.45, 7) is 2.09. The number of amides is 1. The molecular formula is C18H21FN4O. The van der Waals surface area contributed by atoms with Gasteiger partial charge in [0.1, 0.15) is 11.6 Å². The van der Waals surface area contributed by atoms with E-state index >= 15 is 0 Å². The van der Waals surface area contributed by atoms with E-state index in [1.165, 1.54) is 12.1 Å². The fourth-order valence-corrected chi connectivity index (χ4v) is 3.03. The van der Waals surface area contributed by atoms with Crippen LogP contribution in [0.1, 0.15) is 17.8 Å². The Morgan fingerprint density at radius 2 is 2.12 bits per heavy atom. The second-order valence-corrected chi connectivity index (χ2v) is 6.17. The molecule has 1 atom stereocenters. The van der Waals surface area contributed by atoms with Gasteiger partial charge in [0, 0.05) is 31.5 Å². The maximum absolute atomic E-state index is 13.2. The first-order valence-corrected chi connectivity index (χ1v) is 8.10. The van der Waals surface area contributed by atoms with Crippen molar-refractivity contribution in [1.82, 2.24) is 19.8 Å². The number of hydrogen-bond donors (Lipinski definition) is 0. The zero-order valence-electron chi connectivity index (χ0n) is 13.7. The van der Waals surface area contributed by atoms with Gasteiger partial charge in [-0.25, -0.2) is 14.4 Å². The van der Waals surface area contributed by atoms with Gasteiger partial charge in [-0.05, 0) is 37.2 Å². The van der Waals surface area contributed by atoms with E-state index in [0.717, 1.165) is 24.4 Å². The molecule has 126 valence electrons. The monoisotopic (exact) mass is 328 g/mol. The normalized spacial score (nSPS) is 17.5. The van der Waals surface area contributed by atoms with Gasteiger partial charge in [-0.1, -0.05) is 12.1 Å². The van der Waals surface area contributed by atoms with E-state index in [-0.39, 0.29) is 18.1 Å². The van der Waals surface area contributed by atoms with E-state index in [9.17, 15) is 9.18 Å². The number of rotatable bonds is 5. The lowest BCUT2D eigenvalue weighted by molar-refractivity contribution is -0.129. The van der Waals surface area contributed by atoms with E-state index in [4.69, 9.17) is 0 Å². The van der Waals surface area contributed by atoms with E-state index < -0.39 is 0 Å². The number of carbonyl (C=O) groups is 1. The molecule has 1 aliphatic rings. The Balaban J connectivity index is 1.53. The average molecular weight is 328 g/mol. The van der Waals surface area contributed by atoms with Gasteiger partial charge in [0.15, 0.2) is 0 Å². The molecule has 6 heteroatoms. The van der Waals surface area contributed by atoms with Gasteiger partial charge >= 0.3 is 0 Å². The topological polar surface area (TPSA) is 49.3 Å². The smallest absolute Gasteiger partial charge is 0.227 e. The Bertz CT molecular complexity index is 694. The van der Waals surface area contributed by atoms with Crippen LogP contribution in [0.15, 0.2) is 42.7 Å². The fraction of sp³-hybridized carbons (Fsp3) is 0.389. The summed E-state index contributed by atoms with van der Waals surface area (Å²) >= 11 is 0. The highest BCUT2D eigenvalue weighted by atomic mass is 19.1. The highest BCUT2D eigenvalue weighted by Gasteiger charge is 2.29. The van der Waals surface area contributed by atoms with Crippen LogP contribution in [0.2, 0.25) is 0 Å². The van der Waals surface area contributed by atoms with Gasteiger partial charge in [-0.2, -0.15) is 0 Å². The number of hydrogen-bond acceptors (Lipinski definition) is 4. The first-order valence-electron chi connectivity index (χ1n) is 8.10. The Hall–Kier alpha value is -2.34. The molecule has 0 spiro atoms. The number of likely N-dealkylation sites (tertiary alicyclic amines) is 1. The predicted molar refractivity (Wildman–Crippen MR) is 88.6 cm³/mol. The zero-order valence-corrected chi connectivity index (χ0v) is 13.7. The molecule has 1 aromatic carbocycles. The van der Waals surface area contributed by atoms with Gasteiger partial charge in [0.25, 0.3) is 0 Å². The molecule has 2 heterocycles. The lowest BCUT2D eigenvalue weighted by Gasteiger charge is -2.24. The van der Waals surface area contributed by atoms with Crippen molar-refractivity contribution in [2.45, 2.75) is 25.4 Å². The van der Waals surface area contributed by atoms with Gasteiger partial charge in [0.05, 0.1) is 13.0 Å². The molecule has 2 aromatic rings. The van der Waals surface area contributed by atoms with Crippen LogP contribution < -0.4 is 0 Å². The molecule has 5 nitrogen and oxygen atoms in total. The lowest BCUT2D eigenvalue weighted by atomic mass is 10.1. The first kappa shape index (κ1) is 16.5. The van der Waals surface area contributed by atoms with Crippen LogP contribution in [0.25, 0.3) is 0 Å². The molecule has 1 saturated heterocycles. The fourth-order valence-electron chi connectivity index (χ4n) is 3.03. The molecule has 1 amide bonds. The van der Waals surface area contributed by atoms with E-state index in [2.05, 4.69) is 14.9 Å². The maximum atomic E-state index is 13.2. The van der Waals surface area contributed by atoms with Crippen molar-refractivity contribution < 1.29 is 9.18 Å². The summed E-state index contributed by atoms with van der Waals surface area (Å²) in [6.07, 6.45) is 4.65. The molecule has 0 unspecified atom stereocenters. The lowest BCUT2D eigenvalue weighted by Crippen LogP contribution is -2.37. The summed E-state index contributed by atoms with van der Waals surface area (Å²) in [5.74, 6) is 0.527. The number of benzene rings is 1. The molecular weight excluding hydrogens is 307 g/mol. The van der Waals surface area contributed by atoms with Crippen LogP contribution in [0.4, 0.5) is 4.39 Å². The Labute approximate surface area is 141 Å². The SMILES string of the molecule is CN(Cc1ncccn1)[C@@H]1CCN(C(=O)Cc2cccc(F)c2)C1. The summed E-state index contributed by atoms with van der Waals surface area (Å²) in [4.78, 5) is 24.9. The number of carbonyl (C=O) groups excluding carboxylic acids is 1. The van der Waals surface area contributed by atoms with Crippen LogP contribution in [-0.2, 0) is 17.8 Å². The summed E-state index contributed by atoms with van der Waals surface area (Å²) < 4.78 is 13.2. The largest absolute Gasteiger partial charge is 0.341 e. The average Bonchev–Trinajstić information content (AvgIpc) is 3.06. The highest BCUT2D eigenvalue weighted by Crippen LogP contribution is 2.17. The van der Waals surface area contributed by atoms with Crippen molar-refractivity contribution in [3.8, 4) is 0 Å². The standard InChI is InChI=1S/C18H21FN4O/c1-22(13-17-20-7-3-8-21-17)16-6-9-23(12-16)18(24)11-14-4-2-5-15(19)10-14/h2-5,7-8,10,16H,6,9,11-13H2,1H3/t16-/m1/s1. The predicted octanol–water partition coefficient (Wildman–Crippen LogP) is 1.89. The Kier molecular flexibility index (Phi) is 5.15. The third-order valence-electron chi connectivity index (χ3n) is 4.39. The summed E-state index contributed by atoms with van der Waals surface area (Å²) in [5.41, 5.74) is 0.717. The quantitative estimate of drug-likeness (QED) is 0.841. The minimum absolute atomic E-state index is 0.0486. The molecule has 1 aromatic heterocycles. The van der Waals surface area contributed by atoms with E-state index in [1.54, 1.807) is 30.6 Å². The molecule has 1 fully saturated rings. The first-order chi connectivity index (χ1) is 11.6. The molecule has 1 aliphatic heterocycles. The third-order valence-corrected chi connectivity index (χ3v) is 4.39. The molecule has 0 radical (unpaired) electrons. The zero-order chi connectivity index (χ0) is 16.9. The summed E-state index contributed by atoms with van der Waals surface area (Å²) in [6, 6.07) is 8.33. The molecule has 0 N–H and O–H groups in total. The number of nitrogens with zero attached hydrogens (tertiary/aromatic N) is 4. The van der Waals surface area contributed by atoms with Crippen molar-refractivity contribution >= 4 is 5.91 Å². The Morgan fingerprint density at radius 1 is 1.33 bits per heavy atom. The van der Waals surface area contributed by atoms with Crippen molar-refractivity contribution in [1.29, 1.82) is 0 Å². The number of likely N-dealkylation sites (N-methyl/N-ethyl adjacent to an activating group) is 1. The van der Waals surface area contributed by atoms with Crippen molar-refractivity contribution in [2.75, 3.05) is 20.1 Å². The molecule has 0 aliphatic carbocycles. The molecule has 24 heavy (non-hydrogen) atoms. The maximum Gasteiger partial charge on any atom is 0.227 e. The van der Waals surface area contributed by atoms with Crippen molar-refractivity contribution in [2.24, 2.45) is 0 Å². The van der Waals surface area contributed by atoms with Gasteiger partial charge in [-0.15, -0.1) is 0 Å².